The number of hydrogen-bond donors (Lipinski definition) is 0. The van der Waals surface area contributed by atoms with Gasteiger partial charge in [0.2, 0.25) is 0 Å². The molecular formula is C42H11BF14O3. The first-order valence-corrected chi connectivity index (χ1v) is 17.1. The van der Waals surface area contributed by atoms with Gasteiger partial charge in [-0.25, -0.2) is 52.7 Å². The van der Waals surface area contributed by atoms with Gasteiger partial charge in [-0.15, -0.1) is 0 Å². The molecule has 0 N–H and O–H groups in total. The van der Waals surface area contributed by atoms with Crippen LogP contribution in [0.2, 0.25) is 0 Å². The summed E-state index contributed by atoms with van der Waals surface area (Å²) in [6, 6.07) is 10.4. The van der Waals surface area contributed by atoms with E-state index in [0.717, 1.165) is 66.7 Å². The second-order valence-electron chi connectivity index (χ2n) is 13.5. The summed E-state index contributed by atoms with van der Waals surface area (Å²) in [5.41, 5.74) is 0. The third-order valence-electron chi connectivity index (χ3n) is 10.5. The SMILES string of the molecule is Fc1c(F)c(F)c2c(OB(Oc3c(F)c(F)c4c(F)c(F)c5c(F)ccc6ccc3c4c65)Oc3c(F)c(F)c4c(F)c(F)c5c(F)ccc6ccc3c4c65)cccc2c1F. The maximum absolute atomic E-state index is 16.2. The molecule has 0 spiro atoms. The summed E-state index contributed by atoms with van der Waals surface area (Å²) in [5, 5.41) is -10.4. The maximum Gasteiger partial charge on any atom is 0.864 e. The molecule has 0 radical (unpaired) electrons. The zero-order chi connectivity index (χ0) is 42.4. The Morgan fingerprint density at radius 1 is 0.283 bits per heavy atom. The van der Waals surface area contributed by atoms with E-state index in [9.17, 15) is 13.2 Å². The maximum atomic E-state index is 16.2. The van der Waals surface area contributed by atoms with Crippen LogP contribution in [0.1, 0.15) is 0 Å². The molecule has 0 aliphatic heterocycles. The zero-order valence-corrected chi connectivity index (χ0v) is 28.9. The monoisotopic (exact) mass is 840 g/mol. The molecule has 0 saturated heterocycles. The van der Waals surface area contributed by atoms with Crippen molar-refractivity contribution in [2.75, 3.05) is 0 Å². The second-order valence-corrected chi connectivity index (χ2v) is 13.5. The zero-order valence-electron chi connectivity index (χ0n) is 28.9. The molecule has 0 fully saturated rings. The molecule has 0 aromatic heterocycles. The normalized spacial score (nSPS) is 12.2. The number of halogens is 14. The van der Waals surface area contributed by atoms with Crippen LogP contribution in [-0.2, 0) is 0 Å². The van der Waals surface area contributed by atoms with E-state index in [0.29, 0.717) is 0 Å². The average Bonchev–Trinajstić information content (AvgIpc) is 3.23. The fraction of sp³-hybridized carbons (Fsp3) is 0. The molecule has 10 aromatic rings. The van der Waals surface area contributed by atoms with Crippen LogP contribution in [0.5, 0.6) is 17.2 Å². The first-order chi connectivity index (χ1) is 28.6. The Morgan fingerprint density at radius 2 is 0.683 bits per heavy atom. The molecule has 0 amide bonds. The minimum absolute atomic E-state index is 0.0161. The summed E-state index contributed by atoms with van der Waals surface area (Å²) >= 11 is 0. The fourth-order valence-corrected chi connectivity index (χ4v) is 7.90. The summed E-state index contributed by atoms with van der Waals surface area (Å²) in [7, 11) is -2.93. The van der Waals surface area contributed by atoms with E-state index in [2.05, 4.69) is 0 Å². The summed E-state index contributed by atoms with van der Waals surface area (Å²) in [5.74, 6) is -31.3. The lowest BCUT2D eigenvalue weighted by molar-refractivity contribution is 0.294. The molecule has 0 aliphatic carbocycles. The largest absolute Gasteiger partial charge is 0.864 e. The Bertz CT molecular complexity index is 3360. The molecule has 298 valence electrons. The Labute approximate surface area is 323 Å². The molecule has 0 aliphatic rings. The molecule has 0 atom stereocenters. The molecule has 10 rings (SSSR count). The van der Waals surface area contributed by atoms with Crippen molar-refractivity contribution in [3.05, 3.63) is 148 Å². The topological polar surface area (TPSA) is 27.7 Å². The lowest BCUT2D eigenvalue weighted by atomic mass is 9.91. The third kappa shape index (κ3) is 4.80. The van der Waals surface area contributed by atoms with E-state index in [1.807, 2.05) is 0 Å². The lowest BCUT2D eigenvalue weighted by Crippen LogP contribution is -2.38. The quantitative estimate of drug-likeness (QED) is 0.0549. The van der Waals surface area contributed by atoms with Crippen molar-refractivity contribution in [3.8, 4) is 17.2 Å². The van der Waals surface area contributed by atoms with Gasteiger partial charge in [0.25, 0.3) is 0 Å². The van der Waals surface area contributed by atoms with Crippen molar-refractivity contribution in [1.82, 2.24) is 0 Å². The van der Waals surface area contributed by atoms with Crippen LogP contribution >= 0.6 is 0 Å². The highest BCUT2D eigenvalue weighted by Gasteiger charge is 2.39. The Balaban J connectivity index is 1.25. The Morgan fingerprint density at radius 3 is 1.17 bits per heavy atom. The second kappa shape index (κ2) is 12.8. The Kier molecular flexibility index (Phi) is 7.93. The number of benzene rings is 10. The number of fused-ring (bicyclic) bond motifs is 1. The van der Waals surface area contributed by atoms with E-state index in [4.69, 9.17) is 14.0 Å². The van der Waals surface area contributed by atoms with Crippen LogP contribution in [0.25, 0.3) is 75.4 Å². The van der Waals surface area contributed by atoms with Crippen molar-refractivity contribution in [2.45, 2.75) is 0 Å². The van der Waals surface area contributed by atoms with Crippen molar-refractivity contribution in [1.29, 1.82) is 0 Å². The molecule has 3 nitrogen and oxygen atoms in total. The highest BCUT2D eigenvalue weighted by molar-refractivity contribution is 6.41. The average molecular weight is 840 g/mol. The highest BCUT2D eigenvalue weighted by Crippen LogP contribution is 2.48. The van der Waals surface area contributed by atoms with Crippen LogP contribution in [0.3, 0.4) is 0 Å². The molecule has 60 heavy (non-hydrogen) atoms. The van der Waals surface area contributed by atoms with Gasteiger partial charge < -0.3 is 14.0 Å². The lowest BCUT2D eigenvalue weighted by Gasteiger charge is -2.23. The summed E-state index contributed by atoms with van der Waals surface area (Å²) < 4.78 is 232. The minimum Gasteiger partial charge on any atom is -0.489 e. The van der Waals surface area contributed by atoms with Crippen LogP contribution in [-0.4, -0.2) is 7.32 Å². The number of hydrogen-bond acceptors (Lipinski definition) is 3. The van der Waals surface area contributed by atoms with Crippen molar-refractivity contribution in [3.63, 3.8) is 0 Å². The molecule has 0 unspecified atom stereocenters. The molecular weight excluding hydrogens is 829 g/mol. The van der Waals surface area contributed by atoms with Gasteiger partial charge in [0.15, 0.2) is 81.3 Å². The molecule has 10 aromatic carbocycles. The highest BCUT2D eigenvalue weighted by atomic mass is 19.2. The molecule has 0 heterocycles. The fourth-order valence-electron chi connectivity index (χ4n) is 7.90. The summed E-state index contributed by atoms with van der Waals surface area (Å²) in [6.07, 6.45) is 0. The first-order valence-electron chi connectivity index (χ1n) is 17.1. The van der Waals surface area contributed by atoms with Gasteiger partial charge in [-0.3, -0.25) is 0 Å². The third-order valence-corrected chi connectivity index (χ3v) is 10.5. The Hall–Kier alpha value is -6.98. The van der Waals surface area contributed by atoms with E-state index in [-0.39, 0.29) is 10.8 Å². The number of rotatable bonds is 6. The summed E-state index contributed by atoms with van der Waals surface area (Å²) in [4.78, 5) is 0. The van der Waals surface area contributed by atoms with E-state index < -0.39 is 171 Å². The van der Waals surface area contributed by atoms with Gasteiger partial charge in [0.05, 0.1) is 26.9 Å². The van der Waals surface area contributed by atoms with Crippen LogP contribution in [0.4, 0.5) is 61.5 Å². The molecule has 18 heteroatoms. The van der Waals surface area contributed by atoms with Crippen LogP contribution < -0.4 is 14.0 Å². The van der Waals surface area contributed by atoms with Gasteiger partial charge in [0, 0.05) is 37.7 Å². The van der Waals surface area contributed by atoms with Crippen LogP contribution in [0.15, 0.2) is 66.7 Å². The predicted molar refractivity (Wildman–Crippen MR) is 191 cm³/mol. The van der Waals surface area contributed by atoms with Gasteiger partial charge in [-0.1, -0.05) is 36.4 Å². The van der Waals surface area contributed by atoms with E-state index in [1.54, 1.807) is 0 Å². The van der Waals surface area contributed by atoms with E-state index >= 15 is 48.3 Å². The van der Waals surface area contributed by atoms with Gasteiger partial charge in [0.1, 0.15) is 17.4 Å². The van der Waals surface area contributed by atoms with Crippen molar-refractivity contribution >= 4 is 82.7 Å². The first kappa shape index (κ1) is 37.3. The van der Waals surface area contributed by atoms with Crippen LogP contribution in [0, 0.1) is 81.4 Å². The van der Waals surface area contributed by atoms with Crippen molar-refractivity contribution in [2.24, 2.45) is 0 Å². The van der Waals surface area contributed by atoms with Gasteiger partial charge in [-0.05, 0) is 41.1 Å². The molecule has 0 saturated carbocycles. The standard InChI is InChI=1S/C42H11BF14O3/c44-17-10-6-12-4-8-15-23-20(12)25(17)31(48)33(50)27(23)35(52)39(56)41(15)59-43(58-19-3-1-2-14-22(19)30(47)38(55)37(54)29(14)46)60-42-16-9-5-13-7-11-18(45)26-21(13)24(16)28(34(51)32(26)49)36(53)40(42)57/h1-11H. The molecule has 0 bridgehead atoms. The minimum atomic E-state index is -2.93. The summed E-state index contributed by atoms with van der Waals surface area (Å²) in [6.45, 7) is 0. The van der Waals surface area contributed by atoms with Gasteiger partial charge in [-0.2, -0.15) is 8.78 Å². The van der Waals surface area contributed by atoms with Crippen molar-refractivity contribution < 1.29 is 75.4 Å². The predicted octanol–water partition coefficient (Wildman–Crippen LogP) is 13.1. The smallest absolute Gasteiger partial charge is 0.489 e. The van der Waals surface area contributed by atoms with E-state index in [1.165, 1.54) is 0 Å². The van der Waals surface area contributed by atoms with Gasteiger partial charge >= 0.3 is 7.32 Å².